The minimum absolute atomic E-state index is 0.112. The van der Waals surface area contributed by atoms with Gasteiger partial charge in [0.15, 0.2) is 0 Å². The SMILES string of the molecule is O=C(c1cc(Br)ccc1F)N1CCCOCC1. The van der Waals surface area contributed by atoms with Gasteiger partial charge < -0.3 is 9.64 Å². The number of carbonyl (C=O) groups excluding carboxylic acids is 1. The lowest BCUT2D eigenvalue weighted by Gasteiger charge is -2.19. The molecule has 1 aromatic rings. The highest BCUT2D eigenvalue weighted by atomic mass is 79.9. The van der Waals surface area contributed by atoms with Crippen LogP contribution in [0.4, 0.5) is 4.39 Å². The van der Waals surface area contributed by atoms with E-state index in [4.69, 9.17) is 4.74 Å². The van der Waals surface area contributed by atoms with Crippen molar-refractivity contribution >= 4 is 21.8 Å². The van der Waals surface area contributed by atoms with Crippen molar-refractivity contribution in [2.45, 2.75) is 6.42 Å². The smallest absolute Gasteiger partial charge is 0.256 e. The summed E-state index contributed by atoms with van der Waals surface area (Å²) >= 11 is 3.24. The number of ether oxygens (including phenoxy) is 1. The first-order chi connectivity index (χ1) is 8.18. The lowest BCUT2D eigenvalue weighted by atomic mass is 10.2. The summed E-state index contributed by atoms with van der Waals surface area (Å²) in [6.45, 7) is 2.31. The Kier molecular flexibility index (Phi) is 4.12. The molecule has 0 radical (unpaired) electrons. The quantitative estimate of drug-likeness (QED) is 0.797. The van der Waals surface area contributed by atoms with Crippen LogP contribution in [0.25, 0.3) is 0 Å². The summed E-state index contributed by atoms with van der Waals surface area (Å²) < 4.78 is 19.5. The molecule has 1 heterocycles. The third kappa shape index (κ3) is 3.04. The first kappa shape index (κ1) is 12.5. The van der Waals surface area contributed by atoms with E-state index in [1.807, 2.05) is 0 Å². The van der Waals surface area contributed by atoms with E-state index in [1.165, 1.54) is 12.1 Å². The molecule has 3 nitrogen and oxygen atoms in total. The van der Waals surface area contributed by atoms with E-state index in [2.05, 4.69) is 15.9 Å². The van der Waals surface area contributed by atoms with Gasteiger partial charge in [-0.25, -0.2) is 4.39 Å². The van der Waals surface area contributed by atoms with Crippen molar-refractivity contribution < 1.29 is 13.9 Å². The second-order valence-electron chi connectivity index (χ2n) is 3.88. The summed E-state index contributed by atoms with van der Waals surface area (Å²) in [6, 6.07) is 4.40. The highest BCUT2D eigenvalue weighted by Crippen LogP contribution is 2.17. The summed E-state index contributed by atoms with van der Waals surface area (Å²) in [6.07, 6.45) is 0.793. The van der Waals surface area contributed by atoms with Crippen molar-refractivity contribution in [1.29, 1.82) is 0 Å². The van der Waals surface area contributed by atoms with Gasteiger partial charge in [0.1, 0.15) is 5.82 Å². The molecule has 2 rings (SSSR count). The predicted molar refractivity (Wildman–Crippen MR) is 65.4 cm³/mol. The van der Waals surface area contributed by atoms with Crippen molar-refractivity contribution in [3.63, 3.8) is 0 Å². The molecule has 0 N–H and O–H groups in total. The van der Waals surface area contributed by atoms with Crippen LogP contribution < -0.4 is 0 Å². The molecule has 92 valence electrons. The molecule has 5 heteroatoms. The Morgan fingerprint density at radius 1 is 1.35 bits per heavy atom. The van der Waals surface area contributed by atoms with Crippen LogP contribution in [0.2, 0.25) is 0 Å². The van der Waals surface area contributed by atoms with Crippen LogP contribution in [0.1, 0.15) is 16.8 Å². The van der Waals surface area contributed by atoms with Crippen LogP contribution >= 0.6 is 15.9 Å². The fourth-order valence-electron chi connectivity index (χ4n) is 1.78. The molecular weight excluding hydrogens is 289 g/mol. The van der Waals surface area contributed by atoms with E-state index < -0.39 is 5.82 Å². The maximum atomic E-state index is 13.6. The van der Waals surface area contributed by atoms with E-state index in [0.29, 0.717) is 30.8 Å². The van der Waals surface area contributed by atoms with Crippen molar-refractivity contribution in [2.75, 3.05) is 26.3 Å². The number of nitrogens with zero attached hydrogens (tertiary/aromatic N) is 1. The second-order valence-corrected chi connectivity index (χ2v) is 4.80. The fourth-order valence-corrected chi connectivity index (χ4v) is 2.14. The van der Waals surface area contributed by atoms with Gasteiger partial charge in [0.25, 0.3) is 5.91 Å². The van der Waals surface area contributed by atoms with Gasteiger partial charge in [-0.3, -0.25) is 4.79 Å². The van der Waals surface area contributed by atoms with Gasteiger partial charge in [0.2, 0.25) is 0 Å². The molecule has 0 bridgehead atoms. The van der Waals surface area contributed by atoms with E-state index in [1.54, 1.807) is 11.0 Å². The van der Waals surface area contributed by atoms with Gasteiger partial charge in [-0.1, -0.05) is 15.9 Å². The minimum atomic E-state index is -0.483. The predicted octanol–water partition coefficient (Wildman–Crippen LogP) is 2.45. The van der Waals surface area contributed by atoms with Crippen LogP contribution in [0.5, 0.6) is 0 Å². The van der Waals surface area contributed by atoms with Crippen LogP contribution in [-0.2, 0) is 4.74 Å². The van der Waals surface area contributed by atoms with Gasteiger partial charge >= 0.3 is 0 Å². The number of halogens is 2. The monoisotopic (exact) mass is 301 g/mol. The molecule has 1 aromatic carbocycles. The van der Waals surface area contributed by atoms with Crippen LogP contribution in [0.3, 0.4) is 0 Å². The maximum Gasteiger partial charge on any atom is 0.256 e. The average molecular weight is 302 g/mol. The molecule has 1 saturated heterocycles. The Balaban J connectivity index is 2.20. The van der Waals surface area contributed by atoms with Crippen molar-refractivity contribution in [3.05, 3.63) is 34.1 Å². The molecule has 0 saturated carbocycles. The third-order valence-corrected chi connectivity index (χ3v) is 3.16. The molecule has 0 aromatic heterocycles. The summed E-state index contributed by atoms with van der Waals surface area (Å²) in [5.41, 5.74) is 0.112. The van der Waals surface area contributed by atoms with Gasteiger partial charge in [-0.2, -0.15) is 0 Å². The zero-order valence-corrected chi connectivity index (χ0v) is 10.9. The largest absolute Gasteiger partial charge is 0.380 e. The normalized spacial score (nSPS) is 16.7. The van der Waals surface area contributed by atoms with Crippen molar-refractivity contribution in [2.24, 2.45) is 0 Å². The Hall–Kier alpha value is -0.940. The first-order valence-electron chi connectivity index (χ1n) is 5.50. The van der Waals surface area contributed by atoms with Crippen LogP contribution in [0.15, 0.2) is 22.7 Å². The summed E-state index contributed by atoms with van der Waals surface area (Å²) in [4.78, 5) is 13.8. The zero-order valence-electron chi connectivity index (χ0n) is 9.29. The average Bonchev–Trinajstić information content (AvgIpc) is 2.60. The Morgan fingerprint density at radius 2 is 2.18 bits per heavy atom. The molecule has 0 aliphatic carbocycles. The molecule has 1 amide bonds. The lowest BCUT2D eigenvalue weighted by Crippen LogP contribution is -2.33. The van der Waals surface area contributed by atoms with Crippen LogP contribution in [0, 0.1) is 5.82 Å². The van der Waals surface area contributed by atoms with E-state index >= 15 is 0 Å². The van der Waals surface area contributed by atoms with E-state index in [9.17, 15) is 9.18 Å². The molecule has 0 spiro atoms. The molecule has 17 heavy (non-hydrogen) atoms. The number of hydrogen-bond donors (Lipinski definition) is 0. The van der Waals surface area contributed by atoms with Crippen molar-refractivity contribution in [3.8, 4) is 0 Å². The summed E-state index contributed by atoms with van der Waals surface area (Å²) in [5.74, 6) is -0.752. The third-order valence-electron chi connectivity index (χ3n) is 2.67. The Morgan fingerprint density at radius 3 is 3.00 bits per heavy atom. The fraction of sp³-hybridized carbons (Fsp3) is 0.417. The van der Waals surface area contributed by atoms with Gasteiger partial charge in [0.05, 0.1) is 12.2 Å². The number of amides is 1. The zero-order chi connectivity index (χ0) is 12.3. The Labute approximate surface area is 108 Å². The molecule has 0 unspecified atom stereocenters. The van der Waals surface area contributed by atoms with E-state index in [0.717, 1.165) is 6.42 Å². The molecule has 1 aliphatic heterocycles. The van der Waals surface area contributed by atoms with Gasteiger partial charge in [0, 0.05) is 24.2 Å². The van der Waals surface area contributed by atoms with Crippen molar-refractivity contribution in [1.82, 2.24) is 4.90 Å². The molecule has 0 atom stereocenters. The number of benzene rings is 1. The Bertz CT molecular complexity index is 417. The maximum absolute atomic E-state index is 13.6. The number of rotatable bonds is 1. The first-order valence-corrected chi connectivity index (χ1v) is 6.30. The minimum Gasteiger partial charge on any atom is -0.380 e. The summed E-state index contributed by atoms with van der Waals surface area (Å²) in [5, 5.41) is 0. The number of carbonyl (C=O) groups is 1. The highest BCUT2D eigenvalue weighted by molar-refractivity contribution is 9.10. The standard InChI is InChI=1S/C12H13BrFNO2/c13-9-2-3-11(14)10(8-9)12(16)15-4-1-6-17-7-5-15/h2-3,8H,1,4-7H2. The summed E-state index contributed by atoms with van der Waals surface area (Å²) in [7, 11) is 0. The topological polar surface area (TPSA) is 29.5 Å². The van der Waals surface area contributed by atoms with E-state index in [-0.39, 0.29) is 11.5 Å². The molecule has 1 fully saturated rings. The lowest BCUT2D eigenvalue weighted by molar-refractivity contribution is 0.0736. The second kappa shape index (κ2) is 5.60. The van der Waals surface area contributed by atoms with Gasteiger partial charge in [-0.05, 0) is 24.6 Å². The molecule has 1 aliphatic rings. The van der Waals surface area contributed by atoms with Crippen LogP contribution in [-0.4, -0.2) is 37.1 Å². The van der Waals surface area contributed by atoms with Gasteiger partial charge in [-0.15, -0.1) is 0 Å². The molecular formula is C12H13BrFNO2. The highest BCUT2D eigenvalue weighted by Gasteiger charge is 2.20. The number of hydrogen-bond acceptors (Lipinski definition) is 2.